The number of fused-ring (bicyclic) bond motifs is 1. The fourth-order valence-corrected chi connectivity index (χ4v) is 2.09. The molecule has 2 rings (SSSR count). The molecule has 0 unspecified atom stereocenters. The van der Waals surface area contributed by atoms with Crippen LogP contribution in [0.15, 0.2) is 6.33 Å². The Bertz CT molecular complexity index is 341. The summed E-state index contributed by atoms with van der Waals surface area (Å²) in [7, 11) is 1.97. The van der Waals surface area contributed by atoms with E-state index in [2.05, 4.69) is 9.97 Å². The third-order valence-corrected chi connectivity index (χ3v) is 2.90. The van der Waals surface area contributed by atoms with Crippen LogP contribution in [0.5, 0.6) is 0 Å². The van der Waals surface area contributed by atoms with Crippen molar-refractivity contribution in [2.45, 2.75) is 25.7 Å². The highest BCUT2D eigenvalue weighted by atomic mass is 16.3. The number of aliphatic hydroxyl groups excluding tert-OH is 1. The van der Waals surface area contributed by atoms with E-state index < -0.39 is 0 Å². The van der Waals surface area contributed by atoms with E-state index in [9.17, 15) is 0 Å². The predicted molar refractivity (Wildman–Crippen MR) is 59.0 cm³/mol. The molecule has 0 atom stereocenters. The molecular formula is C11H17N3O. The SMILES string of the molecule is CN(CCO)c1ncnc2c1CCCC2. The topological polar surface area (TPSA) is 49.2 Å². The third kappa shape index (κ3) is 2.09. The molecule has 1 aliphatic carbocycles. The summed E-state index contributed by atoms with van der Waals surface area (Å²) in [6.45, 7) is 0.790. The molecule has 4 heteroatoms. The van der Waals surface area contributed by atoms with Gasteiger partial charge in [0.2, 0.25) is 0 Å². The minimum atomic E-state index is 0.162. The van der Waals surface area contributed by atoms with Crippen LogP contribution in [-0.4, -0.2) is 35.3 Å². The Balaban J connectivity index is 2.30. The monoisotopic (exact) mass is 207 g/mol. The Morgan fingerprint density at radius 2 is 2.13 bits per heavy atom. The Morgan fingerprint density at radius 3 is 2.93 bits per heavy atom. The summed E-state index contributed by atoms with van der Waals surface area (Å²) >= 11 is 0. The van der Waals surface area contributed by atoms with Gasteiger partial charge in [0.15, 0.2) is 0 Å². The molecule has 0 amide bonds. The second kappa shape index (κ2) is 4.57. The molecule has 4 nitrogen and oxygen atoms in total. The minimum Gasteiger partial charge on any atom is -0.395 e. The summed E-state index contributed by atoms with van der Waals surface area (Å²) in [6, 6.07) is 0. The van der Waals surface area contributed by atoms with E-state index in [1.165, 1.54) is 24.1 Å². The van der Waals surface area contributed by atoms with E-state index in [1.807, 2.05) is 11.9 Å². The van der Waals surface area contributed by atoms with E-state index in [0.29, 0.717) is 6.54 Å². The summed E-state index contributed by atoms with van der Waals surface area (Å²) in [5.41, 5.74) is 2.47. The average Bonchev–Trinajstić information content (AvgIpc) is 2.28. The van der Waals surface area contributed by atoms with Gasteiger partial charge in [0.1, 0.15) is 12.1 Å². The van der Waals surface area contributed by atoms with E-state index in [0.717, 1.165) is 18.7 Å². The molecule has 0 fully saturated rings. The standard InChI is InChI=1S/C11H17N3O/c1-14(6-7-15)11-9-4-2-3-5-10(9)12-8-13-11/h8,15H,2-7H2,1H3. The van der Waals surface area contributed by atoms with Gasteiger partial charge in [0.25, 0.3) is 0 Å². The molecule has 0 bridgehead atoms. The van der Waals surface area contributed by atoms with Gasteiger partial charge in [-0.15, -0.1) is 0 Å². The lowest BCUT2D eigenvalue weighted by atomic mass is 9.96. The zero-order valence-corrected chi connectivity index (χ0v) is 9.11. The Morgan fingerprint density at radius 1 is 1.33 bits per heavy atom. The number of anilines is 1. The van der Waals surface area contributed by atoms with Crippen molar-refractivity contribution in [1.29, 1.82) is 0 Å². The summed E-state index contributed by atoms with van der Waals surface area (Å²) in [5.74, 6) is 0.994. The maximum Gasteiger partial charge on any atom is 0.135 e. The van der Waals surface area contributed by atoms with Crippen LogP contribution in [0.1, 0.15) is 24.1 Å². The molecule has 15 heavy (non-hydrogen) atoms. The van der Waals surface area contributed by atoms with Crippen molar-refractivity contribution in [2.24, 2.45) is 0 Å². The molecule has 0 saturated heterocycles. The first-order valence-corrected chi connectivity index (χ1v) is 5.47. The number of hydrogen-bond acceptors (Lipinski definition) is 4. The number of nitrogens with zero attached hydrogens (tertiary/aromatic N) is 3. The van der Waals surface area contributed by atoms with Gasteiger partial charge in [-0.1, -0.05) is 0 Å². The molecule has 1 aromatic rings. The molecule has 0 radical (unpaired) electrons. The molecular weight excluding hydrogens is 190 g/mol. The molecule has 1 heterocycles. The molecule has 0 saturated carbocycles. The molecule has 1 aliphatic rings. The highest BCUT2D eigenvalue weighted by Gasteiger charge is 2.17. The lowest BCUT2D eigenvalue weighted by Gasteiger charge is -2.23. The summed E-state index contributed by atoms with van der Waals surface area (Å²) < 4.78 is 0. The smallest absolute Gasteiger partial charge is 0.135 e. The molecule has 0 aromatic carbocycles. The van der Waals surface area contributed by atoms with Gasteiger partial charge in [-0.05, 0) is 25.7 Å². The van der Waals surface area contributed by atoms with E-state index >= 15 is 0 Å². The first-order chi connectivity index (χ1) is 7.33. The van der Waals surface area contributed by atoms with E-state index in [-0.39, 0.29) is 6.61 Å². The van der Waals surface area contributed by atoms with Gasteiger partial charge in [-0.25, -0.2) is 9.97 Å². The fraction of sp³-hybridized carbons (Fsp3) is 0.636. The lowest BCUT2D eigenvalue weighted by Crippen LogP contribution is -2.25. The van der Waals surface area contributed by atoms with Crippen LogP contribution in [-0.2, 0) is 12.8 Å². The normalized spacial score (nSPS) is 14.8. The summed E-state index contributed by atoms with van der Waals surface area (Å²) in [5, 5.41) is 8.92. The molecule has 1 aromatic heterocycles. The average molecular weight is 207 g/mol. The van der Waals surface area contributed by atoms with Crippen molar-refractivity contribution in [3.8, 4) is 0 Å². The van der Waals surface area contributed by atoms with Crippen LogP contribution in [0.25, 0.3) is 0 Å². The Hall–Kier alpha value is -1.16. The quantitative estimate of drug-likeness (QED) is 0.796. The maximum atomic E-state index is 8.92. The number of aromatic nitrogens is 2. The molecule has 82 valence electrons. The van der Waals surface area contributed by atoms with E-state index in [4.69, 9.17) is 5.11 Å². The van der Waals surface area contributed by atoms with Crippen molar-refractivity contribution in [2.75, 3.05) is 25.1 Å². The molecule has 0 spiro atoms. The minimum absolute atomic E-state index is 0.162. The van der Waals surface area contributed by atoms with Gasteiger partial charge in [0.05, 0.1) is 6.61 Å². The van der Waals surface area contributed by atoms with Crippen LogP contribution < -0.4 is 4.90 Å². The molecule has 0 aliphatic heterocycles. The zero-order valence-electron chi connectivity index (χ0n) is 9.11. The number of hydrogen-bond donors (Lipinski definition) is 1. The number of aliphatic hydroxyl groups is 1. The fourth-order valence-electron chi connectivity index (χ4n) is 2.09. The third-order valence-electron chi connectivity index (χ3n) is 2.90. The first kappa shape index (κ1) is 10.4. The van der Waals surface area contributed by atoms with Crippen LogP contribution in [0.3, 0.4) is 0 Å². The molecule has 1 N–H and O–H groups in total. The summed E-state index contributed by atoms with van der Waals surface area (Å²) in [4.78, 5) is 10.6. The Kier molecular flexibility index (Phi) is 3.16. The van der Waals surface area contributed by atoms with Gasteiger partial charge < -0.3 is 10.0 Å². The second-order valence-electron chi connectivity index (χ2n) is 3.97. The van der Waals surface area contributed by atoms with Crippen LogP contribution in [0.2, 0.25) is 0 Å². The van der Waals surface area contributed by atoms with Crippen molar-refractivity contribution in [1.82, 2.24) is 9.97 Å². The predicted octanol–water partition coefficient (Wildman–Crippen LogP) is 0.784. The Labute approximate surface area is 90.0 Å². The second-order valence-corrected chi connectivity index (χ2v) is 3.97. The van der Waals surface area contributed by atoms with Crippen molar-refractivity contribution < 1.29 is 5.11 Å². The van der Waals surface area contributed by atoms with Crippen LogP contribution in [0.4, 0.5) is 5.82 Å². The van der Waals surface area contributed by atoms with Gasteiger partial charge >= 0.3 is 0 Å². The maximum absolute atomic E-state index is 8.92. The van der Waals surface area contributed by atoms with Crippen molar-refractivity contribution >= 4 is 5.82 Å². The first-order valence-electron chi connectivity index (χ1n) is 5.47. The largest absolute Gasteiger partial charge is 0.395 e. The van der Waals surface area contributed by atoms with Crippen molar-refractivity contribution in [3.05, 3.63) is 17.6 Å². The van der Waals surface area contributed by atoms with Crippen molar-refractivity contribution in [3.63, 3.8) is 0 Å². The van der Waals surface area contributed by atoms with Gasteiger partial charge in [-0.2, -0.15) is 0 Å². The number of likely N-dealkylation sites (N-methyl/N-ethyl adjacent to an activating group) is 1. The highest BCUT2D eigenvalue weighted by Crippen LogP contribution is 2.25. The van der Waals surface area contributed by atoms with Gasteiger partial charge in [-0.3, -0.25) is 0 Å². The van der Waals surface area contributed by atoms with Gasteiger partial charge in [0, 0.05) is 24.8 Å². The lowest BCUT2D eigenvalue weighted by molar-refractivity contribution is 0.303. The van der Waals surface area contributed by atoms with Crippen LogP contribution in [0, 0.1) is 0 Å². The zero-order chi connectivity index (χ0) is 10.7. The summed E-state index contributed by atoms with van der Waals surface area (Å²) in [6.07, 6.45) is 6.22. The number of aryl methyl sites for hydroxylation is 1. The van der Waals surface area contributed by atoms with E-state index in [1.54, 1.807) is 6.33 Å². The van der Waals surface area contributed by atoms with Crippen LogP contribution >= 0.6 is 0 Å². The number of rotatable bonds is 3. The highest BCUT2D eigenvalue weighted by molar-refractivity contribution is 5.48.